The van der Waals surface area contributed by atoms with Crippen LogP contribution >= 0.6 is 0 Å². The summed E-state index contributed by atoms with van der Waals surface area (Å²) in [5.41, 5.74) is 3.82. The standard InChI is InChI=1S/C18H29NO/c1-16(2,3)13-11-12-14(15(19-13)17(4,5)6)20-10-9-18(12,7)8/h11H,9-10H2,1-8H3. The Morgan fingerprint density at radius 3 is 2.15 bits per heavy atom. The molecule has 0 amide bonds. The Labute approximate surface area is 124 Å². The number of rotatable bonds is 0. The third kappa shape index (κ3) is 2.70. The Balaban J connectivity index is 2.75. The maximum absolute atomic E-state index is 6.02. The first-order valence-corrected chi connectivity index (χ1v) is 7.62. The lowest BCUT2D eigenvalue weighted by atomic mass is 9.76. The van der Waals surface area contributed by atoms with E-state index in [4.69, 9.17) is 9.72 Å². The summed E-state index contributed by atoms with van der Waals surface area (Å²) in [6, 6.07) is 2.27. The topological polar surface area (TPSA) is 22.1 Å². The molecular formula is C18H29NO. The molecule has 2 heterocycles. The molecule has 0 saturated heterocycles. The van der Waals surface area contributed by atoms with Crippen molar-refractivity contribution in [2.75, 3.05) is 6.61 Å². The van der Waals surface area contributed by atoms with Gasteiger partial charge in [0.05, 0.1) is 12.3 Å². The van der Waals surface area contributed by atoms with E-state index in [1.54, 1.807) is 0 Å². The zero-order chi connectivity index (χ0) is 15.3. The molecule has 0 aromatic carbocycles. The number of hydrogen-bond acceptors (Lipinski definition) is 2. The van der Waals surface area contributed by atoms with Gasteiger partial charge in [-0.1, -0.05) is 55.4 Å². The fraction of sp³-hybridized carbons (Fsp3) is 0.722. The van der Waals surface area contributed by atoms with Crippen LogP contribution in [-0.2, 0) is 16.2 Å². The minimum Gasteiger partial charge on any atom is -0.491 e. The molecule has 20 heavy (non-hydrogen) atoms. The lowest BCUT2D eigenvalue weighted by molar-refractivity contribution is 0.225. The minimum atomic E-state index is -0.00123. The van der Waals surface area contributed by atoms with Gasteiger partial charge in [-0.25, -0.2) is 0 Å². The summed E-state index contributed by atoms with van der Waals surface area (Å²) in [6.45, 7) is 18.7. The van der Waals surface area contributed by atoms with Crippen LogP contribution in [0, 0.1) is 0 Å². The van der Waals surface area contributed by atoms with E-state index in [0.29, 0.717) is 0 Å². The number of aromatic nitrogens is 1. The molecule has 0 saturated carbocycles. The van der Waals surface area contributed by atoms with Crippen LogP contribution in [0.25, 0.3) is 0 Å². The van der Waals surface area contributed by atoms with Crippen LogP contribution in [0.1, 0.15) is 78.8 Å². The normalized spacial score (nSPS) is 18.4. The van der Waals surface area contributed by atoms with Crippen molar-refractivity contribution >= 4 is 0 Å². The molecule has 0 bridgehead atoms. The summed E-state index contributed by atoms with van der Waals surface area (Å²) in [6.07, 6.45) is 1.07. The molecule has 0 aliphatic carbocycles. The lowest BCUT2D eigenvalue weighted by Gasteiger charge is -2.37. The van der Waals surface area contributed by atoms with Gasteiger partial charge in [-0.2, -0.15) is 0 Å². The highest BCUT2D eigenvalue weighted by molar-refractivity contribution is 5.48. The number of pyridine rings is 1. The van der Waals surface area contributed by atoms with E-state index in [2.05, 4.69) is 61.5 Å². The summed E-state index contributed by atoms with van der Waals surface area (Å²) in [5.74, 6) is 1.03. The first-order valence-electron chi connectivity index (χ1n) is 7.62. The fourth-order valence-corrected chi connectivity index (χ4v) is 2.62. The van der Waals surface area contributed by atoms with Crippen molar-refractivity contribution in [2.45, 2.75) is 78.1 Å². The van der Waals surface area contributed by atoms with Crippen molar-refractivity contribution in [1.82, 2.24) is 4.98 Å². The molecule has 2 rings (SSSR count). The van der Waals surface area contributed by atoms with Gasteiger partial charge in [-0.15, -0.1) is 0 Å². The largest absolute Gasteiger partial charge is 0.491 e. The van der Waals surface area contributed by atoms with Gasteiger partial charge in [-0.05, 0) is 17.9 Å². The summed E-state index contributed by atoms with van der Waals surface area (Å²) >= 11 is 0. The molecule has 1 aliphatic rings. The Bertz CT molecular complexity index is 498. The summed E-state index contributed by atoms with van der Waals surface area (Å²) in [4.78, 5) is 4.97. The van der Waals surface area contributed by atoms with Crippen LogP contribution < -0.4 is 4.74 Å². The maximum atomic E-state index is 6.02. The summed E-state index contributed by atoms with van der Waals surface area (Å²) < 4.78 is 6.02. The highest BCUT2D eigenvalue weighted by Gasteiger charge is 2.35. The number of nitrogens with zero attached hydrogens (tertiary/aromatic N) is 1. The second-order valence-electron chi connectivity index (χ2n) is 8.72. The van der Waals surface area contributed by atoms with E-state index in [1.807, 2.05) is 0 Å². The molecular weight excluding hydrogens is 246 g/mol. The average Bonchev–Trinajstić information content (AvgIpc) is 2.24. The Hall–Kier alpha value is -1.05. The monoisotopic (exact) mass is 275 g/mol. The van der Waals surface area contributed by atoms with Gasteiger partial charge in [0.15, 0.2) is 0 Å². The first kappa shape index (κ1) is 15.3. The van der Waals surface area contributed by atoms with Crippen molar-refractivity contribution in [3.05, 3.63) is 23.0 Å². The van der Waals surface area contributed by atoms with Gasteiger partial charge in [-0.3, -0.25) is 4.98 Å². The number of ether oxygens (including phenoxy) is 1. The molecule has 2 heteroatoms. The molecule has 0 radical (unpaired) electrons. The minimum absolute atomic E-state index is 0.00123. The predicted molar refractivity (Wildman–Crippen MR) is 84.8 cm³/mol. The zero-order valence-corrected chi connectivity index (χ0v) is 14.3. The smallest absolute Gasteiger partial charge is 0.145 e. The molecule has 0 spiro atoms. The van der Waals surface area contributed by atoms with Crippen molar-refractivity contribution in [3.63, 3.8) is 0 Å². The fourth-order valence-electron chi connectivity index (χ4n) is 2.62. The number of fused-ring (bicyclic) bond motifs is 1. The van der Waals surface area contributed by atoms with E-state index in [0.717, 1.165) is 24.5 Å². The van der Waals surface area contributed by atoms with Crippen LogP contribution in [0.2, 0.25) is 0 Å². The third-order valence-electron chi connectivity index (χ3n) is 4.15. The van der Waals surface area contributed by atoms with E-state index >= 15 is 0 Å². The van der Waals surface area contributed by atoms with E-state index in [-0.39, 0.29) is 16.2 Å². The third-order valence-corrected chi connectivity index (χ3v) is 4.15. The van der Waals surface area contributed by atoms with Gasteiger partial charge in [0, 0.05) is 22.1 Å². The molecule has 2 nitrogen and oxygen atoms in total. The molecule has 0 atom stereocenters. The van der Waals surface area contributed by atoms with Crippen LogP contribution in [0.5, 0.6) is 5.75 Å². The molecule has 112 valence electrons. The summed E-state index contributed by atoms with van der Waals surface area (Å²) in [7, 11) is 0. The Kier molecular flexibility index (Phi) is 3.43. The van der Waals surface area contributed by atoms with Crippen molar-refractivity contribution in [1.29, 1.82) is 0 Å². The quantitative estimate of drug-likeness (QED) is 0.682. The lowest BCUT2D eigenvalue weighted by Crippen LogP contribution is -2.31. The van der Waals surface area contributed by atoms with Crippen LogP contribution in [0.3, 0.4) is 0 Å². The molecule has 0 unspecified atom stereocenters. The van der Waals surface area contributed by atoms with Gasteiger partial charge in [0.1, 0.15) is 5.75 Å². The molecule has 0 N–H and O–H groups in total. The first-order chi connectivity index (χ1) is 8.93. The second-order valence-corrected chi connectivity index (χ2v) is 8.72. The van der Waals surface area contributed by atoms with E-state index in [9.17, 15) is 0 Å². The molecule has 0 fully saturated rings. The maximum Gasteiger partial charge on any atom is 0.145 e. The van der Waals surface area contributed by atoms with Gasteiger partial charge < -0.3 is 4.74 Å². The van der Waals surface area contributed by atoms with Crippen LogP contribution in [-0.4, -0.2) is 11.6 Å². The Morgan fingerprint density at radius 2 is 1.65 bits per heavy atom. The SMILES string of the molecule is CC(C)(C)c1cc2c(c(C(C)(C)C)n1)OCCC2(C)C. The average molecular weight is 275 g/mol. The van der Waals surface area contributed by atoms with Gasteiger partial charge in [0.2, 0.25) is 0 Å². The highest BCUT2D eigenvalue weighted by atomic mass is 16.5. The predicted octanol–water partition coefficient (Wildman–Crippen LogP) is 4.74. The van der Waals surface area contributed by atoms with Gasteiger partial charge in [0.25, 0.3) is 0 Å². The van der Waals surface area contributed by atoms with Crippen molar-refractivity contribution in [2.24, 2.45) is 0 Å². The highest BCUT2D eigenvalue weighted by Crippen LogP contribution is 2.44. The zero-order valence-electron chi connectivity index (χ0n) is 14.3. The second kappa shape index (κ2) is 4.47. The van der Waals surface area contributed by atoms with E-state index in [1.165, 1.54) is 11.3 Å². The molecule has 1 aromatic rings. The summed E-state index contributed by atoms with van der Waals surface area (Å²) in [5, 5.41) is 0. The van der Waals surface area contributed by atoms with Crippen molar-refractivity contribution < 1.29 is 4.74 Å². The van der Waals surface area contributed by atoms with Crippen molar-refractivity contribution in [3.8, 4) is 5.75 Å². The number of hydrogen-bond donors (Lipinski definition) is 0. The Morgan fingerprint density at radius 1 is 1.05 bits per heavy atom. The molecule has 1 aliphatic heterocycles. The van der Waals surface area contributed by atoms with Crippen LogP contribution in [0.15, 0.2) is 6.07 Å². The van der Waals surface area contributed by atoms with E-state index < -0.39 is 0 Å². The molecule has 1 aromatic heterocycles. The van der Waals surface area contributed by atoms with Gasteiger partial charge >= 0.3 is 0 Å². The van der Waals surface area contributed by atoms with Crippen LogP contribution in [0.4, 0.5) is 0 Å².